The first-order valence-corrected chi connectivity index (χ1v) is 8.39. The Hall–Kier alpha value is -3.31. The summed E-state index contributed by atoms with van der Waals surface area (Å²) < 4.78 is 0. The van der Waals surface area contributed by atoms with Crippen LogP contribution in [0.25, 0.3) is 11.1 Å². The van der Waals surface area contributed by atoms with Crippen LogP contribution in [0.2, 0.25) is 0 Å². The highest BCUT2D eigenvalue weighted by molar-refractivity contribution is 7.81. The Morgan fingerprint density at radius 3 is 2.31 bits per heavy atom. The first-order valence-electron chi connectivity index (χ1n) is 7.98. The Kier molecular flexibility index (Phi) is 3.86. The van der Waals surface area contributed by atoms with Crippen LogP contribution in [-0.2, 0) is 0 Å². The number of nitrogens with one attached hydrogen (secondary N) is 1. The van der Waals surface area contributed by atoms with E-state index in [1.807, 2.05) is 36.4 Å². The Balaban J connectivity index is 1.72. The van der Waals surface area contributed by atoms with E-state index in [9.17, 15) is 9.59 Å². The molecule has 0 fully saturated rings. The van der Waals surface area contributed by atoms with Crippen molar-refractivity contribution in [3.63, 3.8) is 0 Å². The molecule has 3 aromatic rings. The van der Waals surface area contributed by atoms with Gasteiger partial charge in [-0.2, -0.15) is 0 Å². The molecule has 126 valence electrons. The van der Waals surface area contributed by atoms with E-state index in [1.54, 1.807) is 18.2 Å². The summed E-state index contributed by atoms with van der Waals surface area (Å²) in [7, 11) is 0. The highest BCUT2D eigenvalue weighted by Gasteiger charge is 2.27. The minimum absolute atomic E-state index is 0.115. The average Bonchev–Trinajstić information content (AvgIpc) is 2.95. The number of rotatable bonds is 3. The van der Waals surface area contributed by atoms with Crippen molar-refractivity contribution in [2.45, 2.75) is 0 Å². The number of hydrogen-bond acceptors (Lipinski definition) is 3. The van der Waals surface area contributed by atoms with Crippen LogP contribution in [0.3, 0.4) is 0 Å². The van der Waals surface area contributed by atoms with E-state index >= 15 is 0 Å². The summed E-state index contributed by atoms with van der Waals surface area (Å²) in [5, 5.41) is 11.9. The second-order valence-electron chi connectivity index (χ2n) is 5.94. The fourth-order valence-corrected chi connectivity index (χ4v) is 3.59. The summed E-state index contributed by atoms with van der Waals surface area (Å²) in [6.07, 6.45) is 0. The summed E-state index contributed by atoms with van der Waals surface area (Å²) in [5.74, 6) is -1.36. The fraction of sp³-hybridized carbons (Fsp3) is 0. The summed E-state index contributed by atoms with van der Waals surface area (Å²) in [4.78, 5) is 24.6. The van der Waals surface area contributed by atoms with Crippen molar-refractivity contribution in [1.82, 2.24) is 0 Å². The number of carboxylic acids is 1. The Morgan fingerprint density at radius 2 is 1.54 bits per heavy atom. The average molecular weight is 359 g/mol. The predicted molar refractivity (Wildman–Crippen MR) is 104 cm³/mol. The van der Waals surface area contributed by atoms with Crippen molar-refractivity contribution in [2.75, 3.05) is 5.32 Å². The third-order valence-corrected chi connectivity index (χ3v) is 4.79. The van der Waals surface area contributed by atoms with Crippen molar-refractivity contribution in [3.05, 3.63) is 89.0 Å². The molecule has 0 atom stereocenters. The first-order chi connectivity index (χ1) is 12.6. The van der Waals surface area contributed by atoms with Gasteiger partial charge in [-0.1, -0.05) is 54.7 Å². The zero-order valence-electron chi connectivity index (χ0n) is 13.5. The van der Waals surface area contributed by atoms with Crippen LogP contribution in [0.5, 0.6) is 0 Å². The van der Waals surface area contributed by atoms with Gasteiger partial charge in [0.25, 0.3) is 5.91 Å². The Bertz CT molecular complexity index is 1090. The number of amides is 1. The Labute approximate surface area is 155 Å². The molecule has 1 aliphatic rings. The lowest BCUT2D eigenvalue weighted by Crippen LogP contribution is -2.16. The van der Waals surface area contributed by atoms with Crippen LogP contribution in [0.15, 0.2) is 66.7 Å². The molecule has 1 aliphatic carbocycles. The van der Waals surface area contributed by atoms with Crippen LogP contribution in [0.1, 0.15) is 31.8 Å². The molecule has 0 saturated heterocycles. The second-order valence-corrected chi connectivity index (χ2v) is 6.35. The molecule has 0 heterocycles. The molecule has 0 radical (unpaired) electrons. The zero-order valence-corrected chi connectivity index (χ0v) is 14.3. The molecular formula is C21H13NO3S. The number of hydrogen-bond donors (Lipinski definition) is 2. The van der Waals surface area contributed by atoms with Gasteiger partial charge < -0.3 is 10.4 Å². The molecule has 4 nitrogen and oxygen atoms in total. The number of anilines is 1. The summed E-state index contributed by atoms with van der Waals surface area (Å²) in [5.41, 5.74) is 4.68. The van der Waals surface area contributed by atoms with E-state index in [-0.39, 0.29) is 11.5 Å². The zero-order chi connectivity index (χ0) is 18.3. The van der Waals surface area contributed by atoms with Crippen molar-refractivity contribution in [1.29, 1.82) is 0 Å². The van der Waals surface area contributed by atoms with Crippen LogP contribution in [0.4, 0.5) is 5.69 Å². The molecule has 0 spiro atoms. The number of carbonyl (C=O) groups excluding carboxylic acids is 1. The van der Waals surface area contributed by atoms with Crippen molar-refractivity contribution in [2.24, 2.45) is 0 Å². The minimum atomic E-state index is -1.04. The van der Waals surface area contributed by atoms with Gasteiger partial charge >= 0.3 is 5.97 Å². The van der Waals surface area contributed by atoms with Crippen LogP contribution in [0, 0.1) is 0 Å². The molecule has 1 amide bonds. The number of thiocarbonyl (C=S) groups is 1. The maximum absolute atomic E-state index is 12.8. The fourth-order valence-electron chi connectivity index (χ4n) is 3.19. The van der Waals surface area contributed by atoms with Gasteiger partial charge in [-0.15, -0.1) is 0 Å². The molecule has 5 heteroatoms. The maximum Gasteiger partial charge on any atom is 0.335 e. The van der Waals surface area contributed by atoms with Gasteiger partial charge in [0.05, 0.1) is 10.4 Å². The molecule has 0 bridgehead atoms. The number of carbonyl (C=O) groups is 2. The SMILES string of the molecule is O=C(O)c1cccc(NC(=O)c2cccc3c2C(=S)c2ccccc2-3)c1. The lowest BCUT2D eigenvalue weighted by Gasteiger charge is -2.10. The smallest absolute Gasteiger partial charge is 0.335 e. The van der Waals surface area contributed by atoms with Crippen molar-refractivity contribution in [3.8, 4) is 11.1 Å². The lowest BCUT2D eigenvalue weighted by atomic mass is 10.0. The van der Waals surface area contributed by atoms with Crippen molar-refractivity contribution >= 4 is 34.6 Å². The number of carboxylic acid groups (broad SMARTS) is 1. The van der Waals surface area contributed by atoms with Gasteiger partial charge in [-0.3, -0.25) is 4.79 Å². The van der Waals surface area contributed by atoms with Gasteiger partial charge in [0, 0.05) is 22.4 Å². The summed E-state index contributed by atoms with van der Waals surface area (Å²) >= 11 is 5.60. The standard InChI is InChI=1S/C21H13NO3S/c23-20(22-13-6-3-5-12(11-13)21(24)25)17-10-4-9-15-14-7-1-2-8-16(14)19(26)18(15)17/h1-11H,(H,22,23)(H,24,25). The maximum atomic E-state index is 12.8. The van der Waals surface area contributed by atoms with E-state index in [0.717, 1.165) is 22.3 Å². The molecule has 0 saturated carbocycles. The molecule has 3 aromatic carbocycles. The normalized spacial score (nSPS) is 11.6. The Morgan fingerprint density at radius 1 is 0.846 bits per heavy atom. The molecule has 0 aliphatic heterocycles. The number of benzene rings is 3. The quantitative estimate of drug-likeness (QED) is 0.533. The van der Waals surface area contributed by atoms with E-state index < -0.39 is 5.97 Å². The van der Waals surface area contributed by atoms with Gasteiger partial charge in [-0.25, -0.2) is 4.79 Å². The molecule has 0 aromatic heterocycles. The van der Waals surface area contributed by atoms with E-state index in [2.05, 4.69) is 5.32 Å². The molecule has 0 unspecified atom stereocenters. The molecule has 2 N–H and O–H groups in total. The lowest BCUT2D eigenvalue weighted by molar-refractivity contribution is 0.0696. The van der Waals surface area contributed by atoms with Gasteiger partial charge in [0.2, 0.25) is 0 Å². The predicted octanol–water partition coefficient (Wildman–Crippen LogP) is 4.38. The topological polar surface area (TPSA) is 66.4 Å². The molecular weight excluding hydrogens is 346 g/mol. The van der Waals surface area contributed by atoms with Crippen LogP contribution in [-0.4, -0.2) is 21.8 Å². The second kappa shape index (κ2) is 6.20. The monoisotopic (exact) mass is 359 g/mol. The van der Waals surface area contributed by atoms with E-state index in [4.69, 9.17) is 17.3 Å². The highest BCUT2D eigenvalue weighted by atomic mass is 32.1. The molecule has 4 rings (SSSR count). The first kappa shape index (κ1) is 16.2. The molecule has 26 heavy (non-hydrogen) atoms. The summed E-state index contributed by atoms with van der Waals surface area (Å²) in [6.45, 7) is 0. The number of fused-ring (bicyclic) bond motifs is 3. The minimum Gasteiger partial charge on any atom is -0.478 e. The van der Waals surface area contributed by atoms with Crippen LogP contribution >= 0.6 is 12.2 Å². The van der Waals surface area contributed by atoms with E-state index in [0.29, 0.717) is 16.1 Å². The third kappa shape index (κ3) is 2.59. The van der Waals surface area contributed by atoms with Gasteiger partial charge in [-0.05, 0) is 35.4 Å². The summed E-state index contributed by atoms with van der Waals surface area (Å²) in [6, 6.07) is 19.5. The van der Waals surface area contributed by atoms with Gasteiger partial charge in [0.1, 0.15) is 0 Å². The van der Waals surface area contributed by atoms with Crippen LogP contribution < -0.4 is 5.32 Å². The van der Waals surface area contributed by atoms with Crippen molar-refractivity contribution < 1.29 is 14.7 Å². The van der Waals surface area contributed by atoms with Gasteiger partial charge in [0.15, 0.2) is 0 Å². The third-order valence-electron chi connectivity index (χ3n) is 4.37. The largest absolute Gasteiger partial charge is 0.478 e. The van der Waals surface area contributed by atoms with E-state index in [1.165, 1.54) is 12.1 Å². The highest BCUT2D eigenvalue weighted by Crippen LogP contribution is 2.38. The number of aromatic carboxylic acids is 1.